The van der Waals surface area contributed by atoms with Crippen molar-refractivity contribution in [1.29, 1.82) is 0 Å². The predicted octanol–water partition coefficient (Wildman–Crippen LogP) is 8.44. The zero-order valence-electron chi connectivity index (χ0n) is 22.6. The molecule has 6 rings (SSSR count). The monoisotopic (exact) mass is 695 g/mol. The summed E-state index contributed by atoms with van der Waals surface area (Å²) in [5.74, 6) is 2.24. The summed E-state index contributed by atoms with van der Waals surface area (Å²) in [5.41, 5.74) is 4.32. The van der Waals surface area contributed by atoms with Gasteiger partial charge in [0.05, 0.1) is 0 Å². The third-order valence-corrected chi connectivity index (χ3v) is 7.02. The SMILES string of the molecule is CC(C)c1cc(Oc2ccc3ccc(C(C)(C)C)c(O)c3n2)[c-]c2c1c1ccccc1n2-c1ccccn1.[Pt]. The molecule has 1 N–H and O–H groups in total. The van der Waals surface area contributed by atoms with Gasteiger partial charge in [0.25, 0.3) is 0 Å². The number of hydrogen-bond donors (Lipinski definition) is 1. The molecule has 0 aliphatic rings. The Bertz CT molecular complexity index is 1820. The molecule has 0 aliphatic heterocycles. The van der Waals surface area contributed by atoms with Crippen LogP contribution in [0.1, 0.15) is 51.7 Å². The normalized spacial score (nSPS) is 11.8. The van der Waals surface area contributed by atoms with Crippen LogP contribution in [0, 0.1) is 6.07 Å². The van der Waals surface area contributed by atoms with Gasteiger partial charge in [-0.2, -0.15) is 0 Å². The first-order valence-corrected chi connectivity index (χ1v) is 12.9. The molecule has 6 heteroatoms. The molecule has 200 valence electrons. The van der Waals surface area contributed by atoms with Crippen LogP contribution in [-0.4, -0.2) is 19.6 Å². The van der Waals surface area contributed by atoms with Crippen LogP contribution < -0.4 is 4.74 Å². The van der Waals surface area contributed by atoms with Gasteiger partial charge in [-0.1, -0.05) is 81.9 Å². The van der Waals surface area contributed by atoms with Gasteiger partial charge >= 0.3 is 0 Å². The number of aromatic nitrogens is 3. The summed E-state index contributed by atoms with van der Waals surface area (Å²) in [6.45, 7) is 10.6. The molecule has 39 heavy (non-hydrogen) atoms. The van der Waals surface area contributed by atoms with Crippen LogP contribution in [0.2, 0.25) is 0 Å². The van der Waals surface area contributed by atoms with Gasteiger partial charge in [-0.15, -0.1) is 17.7 Å². The van der Waals surface area contributed by atoms with Crippen molar-refractivity contribution in [2.24, 2.45) is 0 Å². The van der Waals surface area contributed by atoms with E-state index in [0.29, 0.717) is 17.1 Å². The third-order valence-electron chi connectivity index (χ3n) is 7.02. The second-order valence-electron chi connectivity index (χ2n) is 11.0. The van der Waals surface area contributed by atoms with Gasteiger partial charge in [0.15, 0.2) is 0 Å². The zero-order chi connectivity index (χ0) is 26.6. The Balaban J connectivity index is 0.00000308. The van der Waals surface area contributed by atoms with Crippen molar-refractivity contribution in [3.8, 4) is 23.2 Å². The Labute approximate surface area is 242 Å². The topological polar surface area (TPSA) is 60.2 Å². The summed E-state index contributed by atoms with van der Waals surface area (Å²) in [5, 5.41) is 14.2. The van der Waals surface area contributed by atoms with E-state index in [9.17, 15) is 5.11 Å². The molecule has 0 bridgehead atoms. The van der Waals surface area contributed by atoms with Gasteiger partial charge in [-0.05, 0) is 41.0 Å². The Kier molecular flexibility index (Phi) is 6.98. The van der Waals surface area contributed by atoms with Crippen LogP contribution in [0.5, 0.6) is 17.4 Å². The molecule has 0 unspecified atom stereocenters. The van der Waals surface area contributed by atoms with Crippen LogP contribution in [-0.2, 0) is 26.5 Å². The number of rotatable bonds is 4. The number of ether oxygens (including phenoxy) is 1. The Morgan fingerprint density at radius 1 is 0.949 bits per heavy atom. The third kappa shape index (κ3) is 4.70. The van der Waals surface area contributed by atoms with E-state index < -0.39 is 0 Å². The fraction of sp³-hybridized carbons (Fsp3) is 0.212. The van der Waals surface area contributed by atoms with E-state index in [1.165, 1.54) is 5.56 Å². The van der Waals surface area contributed by atoms with Crippen LogP contribution in [0.4, 0.5) is 0 Å². The predicted molar refractivity (Wildman–Crippen MR) is 154 cm³/mol. The fourth-order valence-electron chi connectivity index (χ4n) is 5.18. The summed E-state index contributed by atoms with van der Waals surface area (Å²) < 4.78 is 8.48. The number of nitrogens with zero attached hydrogens (tertiary/aromatic N) is 3. The van der Waals surface area contributed by atoms with Gasteiger partial charge < -0.3 is 14.4 Å². The average Bonchev–Trinajstić information content (AvgIpc) is 3.22. The summed E-state index contributed by atoms with van der Waals surface area (Å²) in [4.78, 5) is 9.35. The quantitative estimate of drug-likeness (QED) is 0.188. The molecular weight excluding hydrogens is 665 g/mol. The molecule has 0 fully saturated rings. The number of phenols is 1. The second-order valence-corrected chi connectivity index (χ2v) is 11.0. The van der Waals surface area contributed by atoms with E-state index in [1.54, 1.807) is 6.20 Å². The van der Waals surface area contributed by atoms with E-state index in [4.69, 9.17) is 9.72 Å². The summed E-state index contributed by atoms with van der Waals surface area (Å²) in [6.07, 6.45) is 1.80. The first kappa shape index (κ1) is 26.9. The van der Waals surface area contributed by atoms with E-state index in [1.807, 2.05) is 48.5 Å². The van der Waals surface area contributed by atoms with Gasteiger partial charge in [0.1, 0.15) is 17.1 Å². The van der Waals surface area contributed by atoms with Crippen LogP contribution in [0.3, 0.4) is 0 Å². The standard InChI is InChI=1S/C33H30N3O2.Pt/c1-20(2)24-18-22(38-29-16-14-21-13-15-25(33(3,4)5)32(37)31(21)35-29)19-27-30(24)23-10-6-7-11-26(23)36(27)28-12-8-9-17-34-28;/h6-18,20,37H,1-5H3;/q-1;. The fourth-order valence-corrected chi connectivity index (χ4v) is 5.18. The summed E-state index contributed by atoms with van der Waals surface area (Å²) in [6, 6.07) is 27.6. The summed E-state index contributed by atoms with van der Waals surface area (Å²) >= 11 is 0. The van der Waals surface area contributed by atoms with Crippen molar-refractivity contribution in [3.63, 3.8) is 0 Å². The molecular formula is C33H30N3O2Pt-. The largest absolute Gasteiger partial charge is 0.505 e. The van der Waals surface area contributed by atoms with Crippen molar-refractivity contribution < 1.29 is 30.9 Å². The van der Waals surface area contributed by atoms with Crippen molar-refractivity contribution in [3.05, 3.63) is 96.2 Å². The number of para-hydroxylation sites is 1. The maximum Gasteiger partial charge on any atom is 0.217 e. The molecule has 0 aliphatic carbocycles. The number of phenolic OH excluding ortho intramolecular Hbond substituents is 1. The van der Waals surface area contributed by atoms with Gasteiger partial charge in [0.2, 0.25) is 5.88 Å². The molecule has 0 saturated heterocycles. The number of fused-ring (bicyclic) bond motifs is 4. The van der Waals surface area contributed by atoms with E-state index in [0.717, 1.165) is 38.6 Å². The van der Waals surface area contributed by atoms with Crippen molar-refractivity contribution >= 4 is 32.7 Å². The van der Waals surface area contributed by atoms with E-state index in [-0.39, 0.29) is 38.1 Å². The first-order chi connectivity index (χ1) is 18.2. The molecule has 0 amide bonds. The Morgan fingerprint density at radius 3 is 2.41 bits per heavy atom. The molecule has 6 aromatic rings. The Hall–Kier alpha value is -3.69. The minimum Gasteiger partial charge on any atom is -0.505 e. The van der Waals surface area contributed by atoms with Gasteiger partial charge in [-0.25, -0.2) is 9.97 Å². The van der Waals surface area contributed by atoms with Crippen LogP contribution in [0.15, 0.2) is 79.0 Å². The van der Waals surface area contributed by atoms with E-state index in [2.05, 4.69) is 74.5 Å². The average molecular weight is 696 g/mol. The number of aromatic hydroxyl groups is 1. The second kappa shape index (κ2) is 10.1. The molecule has 3 aromatic carbocycles. The number of benzene rings is 3. The van der Waals surface area contributed by atoms with E-state index >= 15 is 0 Å². The molecule has 5 nitrogen and oxygen atoms in total. The maximum atomic E-state index is 11.0. The first-order valence-electron chi connectivity index (χ1n) is 12.9. The molecule has 0 radical (unpaired) electrons. The minimum atomic E-state index is -0.208. The van der Waals surface area contributed by atoms with Crippen molar-refractivity contribution in [1.82, 2.24) is 14.5 Å². The Morgan fingerprint density at radius 2 is 1.69 bits per heavy atom. The molecule has 0 atom stereocenters. The summed E-state index contributed by atoms with van der Waals surface area (Å²) in [7, 11) is 0. The minimum absolute atomic E-state index is 0. The molecule has 3 aromatic heterocycles. The van der Waals surface area contributed by atoms with Gasteiger partial charge in [0, 0.05) is 55.5 Å². The van der Waals surface area contributed by atoms with Crippen molar-refractivity contribution in [2.45, 2.75) is 46.0 Å². The zero-order valence-corrected chi connectivity index (χ0v) is 24.9. The van der Waals surface area contributed by atoms with Crippen LogP contribution >= 0.6 is 0 Å². The number of hydrogen-bond acceptors (Lipinski definition) is 4. The van der Waals surface area contributed by atoms with Gasteiger partial charge in [-0.3, -0.25) is 0 Å². The molecule has 3 heterocycles. The molecule has 0 saturated carbocycles. The maximum absolute atomic E-state index is 11.0. The van der Waals surface area contributed by atoms with Crippen molar-refractivity contribution in [2.75, 3.05) is 0 Å². The van der Waals surface area contributed by atoms with Crippen LogP contribution in [0.25, 0.3) is 38.5 Å². The molecule has 0 spiro atoms. The smallest absolute Gasteiger partial charge is 0.217 e. The number of pyridine rings is 2.